The number of hydrogen-bond donors (Lipinski definition) is 1. The van der Waals surface area contributed by atoms with Gasteiger partial charge in [0.05, 0.1) is 22.8 Å². The quantitative estimate of drug-likeness (QED) is 0.484. The second kappa shape index (κ2) is 8.18. The van der Waals surface area contributed by atoms with Crippen LogP contribution in [-0.4, -0.2) is 21.8 Å². The Morgan fingerprint density at radius 3 is 2.72 bits per heavy atom. The van der Waals surface area contributed by atoms with Crippen molar-refractivity contribution in [2.45, 2.75) is 13.1 Å². The van der Waals surface area contributed by atoms with E-state index in [1.165, 1.54) is 15.9 Å². The molecule has 32 heavy (non-hydrogen) atoms. The van der Waals surface area contributed by atoms with Crippen LogP contribution in [-0.2, 0) is 17.9 Å². The number of hydrogen-bond acceptors (Lipinski definition) is 6. The minimum atomic E-state index is -0.576. The van der Waals surface area contributed by atoms with Crippen LogP contribution in [0.4, 0.5) is 5.69 Å². The predicted octanol–water partition coefficient (Wildman–Crippen LogP) is 3.29. The van der Waals surface area contributed by atoms with E-state index in [1.807, 2.05) is 0 Å². The molecule has 0 atom stereocenters. The molecule has 8 nitrogen and oxygen atoms in total. The molecule has 2 aromatic heterocycles. The van der Waals surface area contributed by atoms with Gasteiger partial charge in [0.1, 0.15) is 11.2 Å². The number of ether oxygens (including phenoxy) is 2. The molecule has 0 spiro atoms. The summed E-state index contributed by atoms with van der Waals surface area (Å²) >= 11 is 7.34. The van der Waals surface area contributed by atoms with E-state index in [0.717, 1.165) is 4.57 Å². The molecule has 162 valence electrons. The molecular formula is C22H16ClN3O5S. The van der Waals surface area contributed by atoms with Gasteiger partial charge in [-0.25, -0.2) is 4.79 Å². The number of benzene rings is 2. The van der Waals surface area contributed by atoms with Crippen LogP contribution >= 0.6 is 22.9 Å². The first-order chi connectivity index (χ1) is 15.5. The lowest BCUT2D eigenvalue weighted by Gasteiger charge is -2.13. The maximum Gasteiger partial charge on any atom is 0.332 e. The Balaban J connectivity index is 1.51. The van der Waals surface area contributed by atoms with Crippen LogP contribution in [0.15, 0.2) is 63.5 Å². The third-order valence-electron chi connectivity index (χ3n) is 5.06. The molecule has 0 saturated carbocycles. The maximum atomic E-state index is 13.3. The fourth-order valence-corrected chi connectivity index (χ4v) is 4.57. The van der Waals surface area contributed by atoms with Gasteiger partial charge in [0.25, 0.3) is 5.56 Å². The molecule has 0 unspecified atom stereocenters. The number of nitrogens with zero attached hydrogens (tertiary/aromatic N) is 2. The van der Waals surface area contributed by atoms with E-state index in [0.29, 0.717) is 38.0 Å². The summed E-state index contributed by atoms with van der Waals surface area (Å²) in [7, 11) is 0. The molecule has 1 aliphatic heterocycles. The lowest BCUT2D eigenvalue weighted by molar-refractivity contribution is -0.116. The van der Waals surface area contributed by atoms with Crippen LogP contribution < -0.4 is 26.0 Å². The molecule has 0 fully saturated rings. The number of thiophene rings is 1. The number of anilines is 1. The van der Waals surface area contributed by atoms with E-state index in [9.17, 15) is 14.4 Å². The smallest absolute Gasteiger partial charge is 0.332 e. The van der Waals surface area contributed by atoms with Gasteiger partial charge in [0.2, 0.25) is 12.7 Å². The van der Waals surface area contributed by atoms with Crippen molar-refractivity contribution in [2.75, 3.05) is 12.1 Å². The van der Waals surface area contributed by atoms with Crippen LogP contribution in [0.25, 0.3) is 10.2 Å². The van der Waals surface area contributed by atoms with Crippen molar-refractivity contribution in [2.24, 2.45) is 0 Å². The topological polar surface area (TPSA) is 91.6 Å². The summed E-state index contributed by atoms with van der Waals surface area (Å²) in [5.74, 6) is 0.747. The Kier molecular flexibility index (Phi) is 5.20. The molecule has 2 aromatic carbocycles. The van der Waals surface area contributed by atoms with E-state index in [1.54, 1.807) is 53.9 Å². The van der Waals surface area contributed by atoms with Crippen molar-refractivity contribution >= 4 is 44.7 Å². The minimum absolute atomic E-state index is 0.0360. The molecule has 1 aliphatic rings. The summed E-state index contributed by atoms with van der Waals surface area (Å²) in [6, 6.07) is 13.7. The van der Waals surface area contributed by atoms with Gasteiger partial charge in [0, 0.05) is 0 Å². The van der Waals surface area contributed by atoms with Crippen LogP contribution in [0.3, 0.4) is 0 Å². The number of nitrogens with one attached hydrogen (secondary N) is 1. The van der Waals surface area contributed by atoms with Gasteiger partial charge in [-0.15, -0.1) is 11.3 Å². The van der Waals surface area contributed by atoms with Crippen molar-refractivity contribution < 1.29 is 14.3 Å². The molecular weight excluding hydrogens is 454 g/mol. The maximum absolute atomic E-state index is 13.3. The van der Waals surface area contributed by atoms with Gasteiger partial charge in [0.15, 0.2) is 11.5 Å². The number of rotatable bonds is 5. The Morgan fingerprint density at radius 2 is 1.88 bits per heavy atom. The number of carbonyl (C=O) groups is 1. The number of fused-ring (bicyclic) bond motifs is 2. The summed E-state index contributed by atoms with van der Waals surface area (Å²) in [5.41, 5.74) is 0.591. The standard InChI is InChI=1S/C22H16ClN3O5S/c23-14-3-1-2-4-15(14)24-19(27)11-25-16-7-8-32-20(16)21(28)26(22(25)29)10-13-5-6-17-18(9-13)31-12-30-17/h1-9H,10-12H2,(H,24,27). The van der Waals surface area contributed by atoms with Gasteiger partial charge < -0.3 is 14.8 Å². The Hall–Kier alpha value is -3.56. The molecule has 0 aliphatic carbocycles. The molecule has 0 radical (unpaired) electrons. The minimum Gasteiger partial charge on any atom is -0.454 e. The molecule has 5 rings (SSSR count). The largest absolute Gasteiger partial charge is 0.454 e. The van der Waals surface area contributed by atoms with E-state index >= 15 is 0 Å². The highest BCUT2D eigenvalue weighted by molar-refractivity contribution is 7.17. The highest BCUT2D eigenvalue weighted by atomic mass is 35.5. The molecule has 10 heteroatoms. The first kappa shape index (κ1) is 20.3. The monoisotopic (exact) mass is 469 g/mol. The average molecular weight is 470 g/mol. The molecule has 3 heterocycles. The second-order valence-corrected chi connectivity index (χ2v) is 8.43. The zero-order chi connectivity index (χ0) is 22.2. The second-order valence-electron chi connectivity index (χ2n) is 7.11. The number of carbonyl (C=O) groups excluding carboxylic acids is 1. The number of aromatic nitrogens is 2. The lowest BCUT2D eigenvalue weighted by atomic mass is 10.2. The molecule has 4 aromatic rings. The first-order valence-corrected chi connectivity index (χ1v) is 10.9. The van der Waals surface area contributed by atoms with Crippen molar-refractivity contribution in [3.05, 3.63) is 85.3 Å². The number of para-hydroxylation sites is 1. The highest BCUT2D eigenvalue weighted by Crippen LogP contribution is 2.32. The Bertz CT molecular complexity index is 1470. The summed E-state index contributed by atoms with van der Waals surface area (Å²) in [5, 5.41) is 4.82. The van der Waals surface area contributed by atoms with Gasteiger partial charge in [-0.2, -0.15) is 0 Å². The molecule has 0 saturated heterocycles. The average Bonchev–Trinajstić information content (AvgIpc) is 3.45. The molecule has 0 bridgehead atoms. The summed E-state index contributed by atoms with van der Waals surface area (Å²) < 4.78 is 13.5. The third kappa shape index (κ3) is 3.65. The number of amides is 1. The van der Waals surface area contributed by atoms with Crippen molar-refractivity contribution in [1.82, 2.24) is 9.13 Å². The fraction of sp³-hybridized carbons (Fsp3) is 0.136. The van der Waals surface area contributed by atoms with E-state index in [2.05, 4.69) is 5.32 Å². The van der Waals surface area contributed by atoms with Crippen LogP contribution in [0.2, 0.25) is 5.02 Å². The third-order valence-corrected chi connectivity index (χ3v) is 6.28. The number of halogens is 1. The van der Waals surface area contributed by atoms with Crippen molar-refractivity contribution in [1.29, 1.82) is 0 Å². The zero-order valence-electron chi connectivity index (χ0n) is 16.5. The van der Waals surface area contributed by atoms with Gasteiger partial charge in [-0.1, -0.05) is 29.8 Å². The van der Waals surface area contributed by atoms with Crippen molar-refractivity contribution in [3.63, 3.8) is 0 Å². The van der Waals surface area contributed by atoms with Crippen LogP contribution in [0.1, 0.15) is 5.56 Å². The van der Waals surface area contributed by atoms with Gasteiger partial charge in [-0.05, 0) is 41.3 Å². The lowest BCUT2D eigenvalue weighted by Crippen LogP contribution is -2.41. The summed E-state index contributed by atoms with van der Waals surface area (Å²) in [6.07, 6.45) is 0. The zero-order valence-corrected chi connectivity index (χ0v) is 18.1. The van der Waals surface area contributed by atoms with Gasteiger partial charge in [-0.3, -0.25) is 18.7 Å². The normalized spacial score (nSPS) is 12.3. The van der Waals surface area contributed by atoms with Crippen molar-refractivity contribution in [3.8, 4) is 11.5 Å². The van der Waals surface area contributed by atoms with Crippen LogP contribution in [0.5, 0.6) is 11.5 Å². The van der Waals surface area contributed by atoms with E-state index in [-0.39, 0.29) is 19.9 Å². The van der Waals surface area contributed by atoms with Crippen LogP contribution in [0, 0.1) is 0 Å². The molecule has 1 N–H and O–H groups in total. The summed E-state index contributed by atoms with van der Waals surface area (Å²) in [6.45, 7) is -0.0970. The highest BCUT2D eigenvalue weighted by Gasteiger charge is 2.19. The predicted molar refractivity (Wildman–Crippen MR) is 122 cm³/mol. The summed E-state index contributed by atoms with van der Waals surface area (Å²) in [4.78, 5) is 39.0. The fourth-order valence-electron chi connectivity index (χ4n) is 3.54. The van der Waals surface area contributed by atoms with E-state index < -0.39 is 17.2 Å². The van der Waals surface area contributed by atoms with E-state index in [4.69, 9.17) is 21.1 Å². The Morgan fingerprint density at radius 1 is 1.06 bits per heavy atom. The SMILES string of the molecule is O=C(Cn1c(=O)n(Cc2ccc3c(c2)OCO3)c(=O)c2sccc21)Nc1ccccc1Cl. The molecule has 1 amide bonds. The van der Waals surface area contributed by atoms with Gasteiger partial charge >= 0.3 is 5.69 Å². The first-order valence-electron chi connectivity index (χ1n) is 9.65. The Labute approximate surface area is 190 Å².